The summed E-state index contributed by atoms with van der Waals surface area (Å²) < 4.78 is 26.5. The van der Waals surface area contributed by atoms with Crippen molar-refractivity contribution in [3.63, 3.8) is 0 Å². The standard InChI is InChI=1S/C21H26F2S/c1-4-19(22)11-7-8-16(2)21(24-3,17-9-5-6-10-17)18-12-14-20(23)15-13-18/h4,7-8,12-15,17H,2,5-6,9-11H2,1,3H3/b8-7-,19-4+. The minimum Gasteiger partial charge on any atom is -0.212 e. The third-order valence-electron chi connectivity index (χ3n) is 4.95. The molecule has 0 heterocycles. The fraction of sp³-hybridized carbons (Fsp3) is 0.429. The molecule has 0 aromatic heterocycles. The molecule has 1 aliphatic carbocycles. The second-order valence-electron chi connectivity index (χ2n) is 6.30. The third-order valence-corrected chi connectivity index (χ3v) is 6.42. The quantitative estimate of drug-likeness (QED) is 0.480. The summed E-state index contributed by atoms with van der Waals surface area (Å²) in [6.07, 6.45) is 12.4. The van der Waals surface area contributed by atoms with E-state index >= 15 is 0 Å². The number of allylic oxidation sites excluding steroid dienone is 4. The Bertz CT molecular complexity index is 609. The van der Waals surface area contributed by atoms with Gasteiger partial charge in [0.15, 0.2) is 0 Å². The predicted molar refractivity (Wildman–Crippen MR) is 101 cm³/mol. The van der Waals surface area contributed by atoms with Gasteiger partial charge in [-0.1, -0.05) is 49.8 Å². The van der Waals surface area contributed by atoms with Gasteiger partial charge in [-0.05, 0) is 55.2 Å². The molecule has 0 nitrogen and oxygen atoms in total. The Labute approximate surface area is 148 Å². The van der Waals surface area contributed by atoms with Crippen LogP contribution in [0.4, 0.5) is 8.78 Å². The maximum absolute atomic E-state index is 13.4. The molecule has 3 heteroatoms. The summed E-state index contributed by atoms with van der Waals surface area (Å²) in [6, 6.07) is 6.78. The van der Waals surface area contributed by atoms with Gasteiger partial charge in [-0.3, -0.25) is 0 Å². The summed E-state index contributed by atoms with van der Waals surface area (Å²) in [4.78, 5) is 0. The molecule has 1 aromatic carbocycles. The van der Waals surface area contributed by atoms with E-state index in [1.54, 1.807) is 18.7 Å². The summed E-state index contributed by atoms with van der Waals surface area (Å²) in [5, 5.41) is 0. The second-order valence-corrected chi connectivity index (χ2v) is 7.35. The first-order chi connectivity index (χ1) is 11.5. The second kappa shape index (κ2) is 8.66. The van der Waals surface area contributed by atoms with E-state index in [1.807, 2.05) is 24.3 Å². The van der Waals surface area contributed by atoms with E-state index in [1.165, 1.54) is 31.1 Å². The van der Waals surface area contributed by atoms with Crippen molar-refractivity contribution in [1.82, 2.24) is 0 Å². The zero-order chi connectivity index (χ0) is 17.6. The molecule has 2 rings (SSSR count). The van der Waals surface area contributed by atoms with Gasteiger partial charge < -0.3 is 0 Å². The van der Waals surface area contributed by atoms with Crippen LogP contribution in [-0.2, 0) is 4.75 Å². The van der Waals surface area contributed by atoms with Gasteiger partial charge in [-0.25, -0.2) is 8.78 Å². The van der Waals surface area contributed by atoms with Crippen LogP contribution in [0.15, 0.2) is 60.5 Å². The summed E-state index contributed by atoms with van der Waals surface area (Å²) in [5.41, 5.74) is 2.06. The van der Waals surface area contributed by atoms with Crippen LogP contribution in [0, 0.1) is 11.7 Å². The van der Waals surface area contributed by atoms with E-state index in [2.05, 4.69) is 12.8 Å². The summed E-state index contributed by atoms with van der Waals surface area (Å²) in [7, 11) is 0. The maximum Gasteiger partial charge on any atom is 0.123 e. The van der Waals surface area contributed by atoms with Gasteiger partial charge in [0.1, 0.15) is 5.82 Å². The molecule has 1 saturated carbocycles. The number of thioether (sulfide) groups is 1. The smallest absolute Gasteiger partial charge is 0.123 e. The van der Waals surface area contributed by atoms with Crippen molar-refractivity contribution in [3.8, 4) is 0 Å². The molecule has 0 bridgehead atoms. The first-order valence-electron chi connectivity index (χ1n) is 8.52. The Hall–Kier alpha value is -1.35. The van der Waals surface area contributed by atoms with Gasteiger partial charge in [0.25, 0.3) is 0 Å². The highest BCUT2D eigenvalue weighted by atomic mass is 32.2. The minimum absolute atomic E-state index is 0.142. The average Bonchev–Trinajstić information content (AvgIpc) is 3.12. The van der Waals surface area contributed by atoms with Gasteiger partial charge in [-0.2, -0.15) is 0 Å². The highest BCUT2D eigenvalue weighted by molar-refractivity contribution is 7.99. The molecule has 24 heavy (non-hydrogen) atoms. The topological polar surface area (TPSA) is 0 Å². The van der Waals surface area contributed by atoms with E-state index in [4.69, 9.17) is 0 Å². The van der Waals surface area contributed by atoms with Crippen molar-refractivity contribution in [2.24, 2.45) is 5.92 Å². The van der Waals surface area contributed by atoms with Gasteiger partial charge in [0.2, 0.25) is 0 Å². The van der Waals surface area contributed by atoms with Crippen molar-refractivity contribution in [1.29, 1.82) is 0 Å². The lowest BCUT2D eigenvalue weighted by Crippen LogP contribution is -2.31. The molecule has 0 aliphatic heterocycles. The monoisotopic (exact) mass is 348 g/mol. The summed E-state index contributed by atoms with van der Waals surface area (Å²) >= 11 is 1.76. The predicted octanol–water partition coefficient (Wildman–Crippen LogP) is 6.95. The fourth-order valence-corrected chi connectivity index (χ4v) is 4.96. The Balaban J connectivity index is 2.37. The molecular weight excluding hydrogens is 322 g/mol. The van der Waals surface area contributed by atoms with Gasteiger partial charge in [-0.15, -0.1) is 11.8 Å². The first kappa shape index (κ1) is 19.0. The maximum atomic E-state index is 13.4. The lowest BCUT2D eigenvalue weighted by atomic mass is 9.78. The molecular formula is C21H26F2S. The highest BCUT2D eigenvalue weighted by Crippen LogP contribution is 2.53. The van der Waals surface area contributed by atoms with Crippen molar-refractivity contribution >= 4 is 11.8 Å². The van der Waals surface area contributed by atoms with Crippen LogP contribution in [0.2, 0.25) is 0 Å². The Morgan fingerprint density at radius 3 is 2.46 bits per heavy atom. The van der Waals surface area contributed by atoms with Crippen LogP contribution in [0.25, 0.3) is 0 Å². The molecule has 0 radical (unpaired) electrons. The van der Waals surface area contributed by atoms with Crippen molar-refractivity contribution in [3.05, 3.63) is 71.9 Å². The van der Waals surface area contributed by atoms with Gasteiger partial charge >= 0.3 is 0 Å². The number of rotatable bonds is 7. The number of hydrogen-bond donors (Lipinski definition) is 0. The Kier molecular flexibility index (Phi) is 6.85. The zero-order valence-electron chi connectivity index (χ0n) is 14.5. The Morgan fingerprint density at radius 2 is 1.92 bits per heavy atom. The Morgan fingerprint density at radius 1 is 1.29 bits per heavy atom. The third kappa shape index (κ3) is 4.00. The summed E-state index contributed by atoms with van der Waals surface area (Å²) in [5.74, 6) is 0.106. The molecule has 1 atom stereocenters. The van der Waals surface area contributed by atoms with E-state index in [0.717, 1.165) is 24.0 Å². The van der Waals surface area contributed by atoms with Crippen LogP contribution in [0.5, 0.6) is 0 Å². The van der Waals surface area contributed by atoms with Gasteiger partial charge in [0.05, 0.1) is 10.6 Å². The molecule has 1 aliphatic rings. The van der Waals surface area contributed by atoms with Crippen molar-refractivity contribution < 1.29 is 8.78 Å². The van der Waals surface area contributed by atoms with Crippen LogP contribution in [0.1, 0.15) is 44.6 Å². The molecule has 1 fully saturated rings. The largest absolute Gasteiger partial charge is 0.212 e. The van der Waals surface area contributed by atoms with Crippen molar-refractivity contribution in [2.75, 3.05) is 6.26 Å². The van der Waals surface area contributed by atoms with Gasteiger partial charge in [0, 0.05) is 6.42 Å². The lowest BCUT2D eigenvalue weighted by molar-refractivity contribution is 0.445. The van der Waals surface area contributed by atoms with E-state index in [-0.39, 0.29) is 22.8 Å². The molecule has 0 spiro atoms. The SMILES string of the molecule is C=C(/C=C\C/C(F)=C\C)C(SC)(c1ccc(F)cc1)C1CCCC1. The zero-order valence-corrected chi connectivity index (χ0v) is 15.3. The van der Waals surface area contributed by atoms with Crippen LogP contribution in [0.3, 0.4) is 0 Å². The lowest BCUT2D eigenvalue weighted by Gasteiger charge is -2.39. The minimum atomic E-state index is -0.271. The average molecular weight is 349 g/mol. The highest BCUT2D eigenvalue weighted by Gasteiger charge is 2.42. The number of halogens is 2. The first-order valence-corrected chi connectivity index (χ1v) is 9.75. The molecule has 130 valence electrons. The fourth-order valence-electron chi connectivity index (χ4n) is 3.68. The molecule has 1 unspecified atom stereocenters. The van der Waals surface area contributed by atoms with Crippen LogP contribution in [-0.4, -0.2) is 6.26 Å². The molecule has 0 saturated heterocycles. The van der Waals surface area contributed by atoms with E-state index in [9.17, 15) is 8.78 Å². The van der Waals surface area contributed by atoms with Crippen molar-refractivity contribution in [2.45, 2.75) is 43.8 Å². The number of benzene rings is 1. The van der Waals surface area contributed by atoms with E-state index < -0.39 is 0 Å². The number of hydrogen-bond acceptors (Lipinski definition) is 1. The van der Waals surface area contributed by atoms with E-state index in [0.29, 0.717) is 5.92 Å². The molecule has 0 N–H and O–H groups in total. The van der Waals surface area contributed by atoms with Crippen LogP contribution >= 0.6 is 11.8 Å². The normalized spacial score (nSPS) is 18.9. The molecule has 1 aromatic rings. The molecule has 0 amide bonds. The summed E-state index contributed by atoms with van der Waals surface area (Å²) in [6.45, 7) is 6.02. The van der Waals surface area contributed by atoms with Crippen LogP contribution < -0.4 is 0 Å².